The van der Waals surface area contributed by atoms with E-state index < -0.39 is 0 Å². The first-order chi connectivity index (χ1) is 14.7. The summed E-state index contributed by atoms with van der Waals surface area (Å²) < 4.78 is 0. The van der Waals surface area contributed by atoms with E-state index in [9.17, 15) is 10.2 Å². The molecule has 0 spiro atoms. The van der Waals surface area contributed by atoms with Gasteiger partial charge in [0.2, 0.25) is 11.8 Å². The molecule has 148 valence electrons. The number of pyridine rings is 2. The number of nitrogens with zero attached hydrogens (tertiary/aromatic N) is 2. The second-order valence-electron chi connectivity index (χ2n) is 7.06. The number of hydrogen-bond donors (Lipinski definition) is 2. The maximum atomic E-state index is 9.38. The van der Waals surface area contributed by atoms with Gasteiger partial charge in [-0.05, 0) is 22.9 Å². The Morgan fingerprint density at radius 1 is 0.419 bits per heavy atom. The van der Waals surface area contributed by atoms with E-state index >= 15 is 0 Å². The predicted octanol–water partition coefficient (Wildman–Crippen LogP) is 5.27. The number of aromatic hydroxyl groups is 2. The second kappa shape index (κ2) is 8.39. The maximum absolute atomic E-state index is 9.38. The summed E-state index contributed by atoms with van der Waals surface area (Å²) in [4.78, 5) is 8.32. The molecule has 0 unspecified atom stereocenters. The molecule has 2 N–H and O–H groups in total. The van der Waals surface area contributed by atoms with E-state index in [4.69, 9.17) is 0 Å². The van der Waals surface area contributed by atoms with Crippen molar-refractivity contribution in [3.05, 3.63) is 97.1 Å². The van der Waals surface area contributed by atoms with Crippen LogP contribution in [0.25, 0.3) is 43.4 Å². The molecular weight excluding hydrogens is 381 g/mol. The van der Waals surface area contributed by atoms with Crippen LogP contribution in [-0.4, -0.2) is 30.3 Å². The zero-order chi connectivity index (χ0) is 20.5. The van der Waals surface area contributed by atoms with Crippen molar-refractivity contribution in [1.29, 1.82) is 0 Å². The monoisotopic (exact) mass is 401 g/mol. The predicted molar refractivity (Wildman–Crippen MR) is 130 cm³/mol. The van der Waals surface area contributed by atoms with Crippen LogP contribution in [-0.2, 0) is 0 Å². The van der Waals surface area contributed by atoms with E-state index in [2.05, 4.69) is 22.1 Å². The van der Waals surface area contributed by atoms with E-state index in [1.165, 1.54) is 0 Å². The van der Waals surface area contributed by atoms with Gasteiger partial charge in [-0.2, -0.15) is 0 Å². The fraction of sp³-hybridized carbons (Fsp3) is 0. The number of benzene rings is 4. The Bertz CT molecular complexity index is 1420. The van der Waals surface area contributed by atoms with Crippen LogP contribution >= 0.6 is 0 Å². The Hall–Kier alpha value is -4.01. The molecule has 4 aromatic carbocycles. The third-order valence-corrected chi connectivity index (χ3v) is 5.14. The number of aromatic nitrogens is 2. The second-order valence-corrected chi connectivity index (χ2v) is 7.06. The molecule has 0 fully saturated rings. The van der Waals surface area contributed by atoms with Gasteiger partial charge in [-0.15, -0.1) is 0 Å². The Balaban J connectivity index is 0.000000144. The van der Waals surface area contributed by atoms with E-state index in [0.717, 1.165) is 43.4 Å². The molecule has 0 bridgehead atoms. The van der Waals surface area contributed by atoms with Crippen molar-refractivity contribution in [3.8, 4) is 11.8 Å². The van der Waals surface area contributed by atoms with E-state index in [1.54, 1.807) is 12.1 Å². The quantitative estimate of drug-likeness (QED) is 0.269. The Labute approximate surface area is 182 Å². The summed E-state index contributed by atoms with van der Waals surface area (Å²) in [6, 6.07) is 31.2. The van der Waals surface area contributed by atoms with Crippen molar-refractivity contribution in [1.82, 2.24) is 9.97 Å². The van der Waals surface area contributed by atoms with Crippen LogP contribution in [0.4, 0.5) is 0 Å². The van der Waals surface area contributed by atoms with E-state index in [0.29, 0.717) is 0 Å². The molecule has 5 heteroatoms. The van der Waals surface area contributed by atoms with Gasteiger partial charge in [0.1, 0.15) is 0 Å². The van der Waals surface area contributed by atoms with Gasteiger partial charge >= 0.3 is 10.1 Å². The molecule has 0 aliphatic heterocycles. The van der Waals surface area contributed by atoms with Crippen molar-refractivity contribution in [2.24, 2.45) is 0 Å². The third kappa shape index (κ3) is 3.89. The summed E-state index contributed by atoms with van der Waals surface area (Å²) in [6.07, 6.45) is 0. The summed E-state index contributed by atoms with van der Waals surface area (Å²) in [6.45, 7) is 0. The summed E-state index contributed by atoms with van der Waals surface area (Å²) >= 11 is 0. The van der Waals surface area contributed by atoms with Gasteiger partial charge in [-0.3, -0.25) is 0 Å². The first-order valence-corrected chi connectivity index (χ1v) is 9.64. The van der Waals surface area contributed by atoms with E-state index in [-0.39, 0.29) is 21.9 Å². The van der Waals surface area contributed by atoms with Gasteiger partial charge in [0.05, 0.1) is 11.0 Å². The molecule has 6 rings (SSSR count). The van der Waals surface area contributed by atoms with Gasteiger partial charge in [0, 0.05) is 33.7 Å². The Kier molecular flexibility index (Phi) is 5.48. The number of rotatable bonds is 0. The van der Waals surface area contributed by atoms with Gasteiger partial charge in [0.25, 0.3) is 0 Å². The van der Waals surface area contributed by atoms with Gasteiger partial charge < -0.3 is 10.2 Å². The molecule has 0 aliphatic carbocycles. The minimum absolute atomic E-state index is 0. The first-order valence-electron chi connectivity index (χ1n) is 9.64. The fourth-order valence-corrected chi connectivity index (χ4v) is 3.69. The van der Waals surface area contributed by atoms with Crippen LogP contribution in [0.5, 0.6) is 11.8 Å². The standard InChI is InChI=1S/2C13H9NO.Be.2H/c2*15-12-8-7-10-6-5-9-3-1-2-4-11(9)13(10)14-12;;;/h2*1-8H,(H,14,15);;;. The average molecular weight is 401 g/mol. The fourth-order valence-electron chi connectivity index (χ4n) is 3.69. The third-order valence-electron chi connectivity index (χ3n) is 5.14. The SMILES string of the molecule is Oc1ccc2ccc3ccccc3c2n1.Oc1ccc2ccc3ccccc3c2n1.[BeH2]. The van der Waals surface area contributed by atoms with Crippen molar-refractivity contribution >= 4 is 53.5 Å². The van der Waals surface area contributed by atoms with Crippen molar-refractivity contribution < 1.29 is 10.2 Å². The number of hydrogen-bond acceptors (Lipinski definition) is 4. The normalized spacial score (nSPS) is 10.6. The summed E-state index contributed by atoms with van der Waals surface area (Å²) in [7, 11) is 0. The van der Waals surface area contributed by atoms with Crippen LogP contribution in [0.15, 0.2) is 97.1 Å². The molecule has 4 nitrogen and oxygen atoms in total. The molecule has 6 aromatic rings. The molecule has 31 heavy (non-hydrogen) atoms. The van der Waals surface area contributed by atoms with Crippen LogP contribution in [0.2, 0.25) is 0 Å². The molecule has 0 saturated heterocycles. The minimum atomic E-state index is 0. The van der Waals surface area contributed by atoms with Crippen molar-refractivity contribution in [3.63, 3.8) is 0 Å². The summed E-state index contributed by atoms with van der Waals surface area (Å²) in [5.41, 5.74) is 1.71. The van der Waals surface area contributed by atoms with Crippen LogP contribution < -0.4 is 0 Å². The Morgan fingerprint density at radius 3 is 1.23 bits per heavy atom. The average Bonchev–Trinajstić information content (AvgIpc) is 2.79. The molecule has 0 aliphatic rings. The topological polar surface area (TPSA) is 66.2 Å². The van der Waals surface area contributed by atoms with Crippen LogP contribution in [0.1, 0.15) is 0 Å². The summed E-state index contributed by atoms with van der Waals surface area (Å²) in [5, 5.41) is 25.3. The van der Waals surface area contributed by atoms with Crippen LogP contribution in [0, 0.1) is 0 Å². The van der Waals surface area contributed by atoms with Crippen molar-refractivity contribution in [2.45, 2.75) is 0 Å². The molecule has 2 heterocycles. The number of fused-ring (bicyclic) bond motifs is 6. The molecule has 0 radical (unpaired) electrons. The summed E-state index contributed by atoms with van der Waals surface area (Å²) in [5.74, 6) is 0.137. The van der Waals surface area contributed by atoms with Crippen LogP contribution in [0.3, 0.4) is 0 Å². The molecule has 2 aromatic heterocycles. The van der Waals surface area contributed by atoms with Gasteiger partial charge in [-0.1, -0.05) is 72.8 Å². The van der Waals surface area contributed by atoms with Gasteiger partial charge in [-0.25, -0.2) is 9.97 Å². The van der Waals surface area contributed by atoms with E-state index in [1.807, 2.05) is 72.8 Å². The molecule has 0 atom stereocenters. The van der Waals surface area contributed by atoms with Crippen molar-refractivity contribution in [2.75, 3.05) is 0 Å². The van der Waals surface area contributed by atoms with Gasteiger partial charge in [0.15, 0.2) is 0 Å². The molecule has 0 saturated carbocycles. The Morgan fingerprint density at radius 2 is 0.774 bits per heavy atom. The zero-order valence-electron chi connectivity index (χ0n) is 16.0. The molecule has 0 amide bonds. The molecular formula is C26H20BeN2O2. The zero-order valence-corrected chi connectivity index (χ0v) is 16.0. The first kappa shape index (κ1) is 20.3.